The average Bonchev–Trinajstić information content (AvgIpc) is 2.72. The third kappa shape index (κ3) is 3.16. The van der Waals surface area contributed by atoms with E-state index in [9.17, 15) is 9.59 Å². The van der Waals surface area contributed by atoms with Crippen LogP contribution in [0.15, 0.2) is 6.33 Å². The summed E-state index contributed by atoms with van der Waals surface area (Å²) in [5.74, 6) is -0.923. The van der Waals surface area contributed by atoms with Crippen LogP contribution >= 0.6 is 11.3 Å². The van der Waals surface area contributed by atoms with Gasteiger partial charge in [-0.25, -0.2) is 14.8 Å². The van der Waals surface area contributed by atoms with Gasteiger partial charge in [0.1, 0.15) is 22.5 Å². The number of rotatable bonds is 5. The van der Waals surface area contributed by atoms with Crippen LogP contribution in [0, 0.1) is 13.8 Å². The van der Waals surface area contributed by atoms with Crippen molar-refractivity contribution in [2.75, 3.05) is 11.9 Å². The van der Waals surface area contributed by atoms with Gasteiger partial charge in [-0.05, 0) is 33.3 Å². The molecule has 0 unspecified atom stereocenters. The van der Waals surface area contributed by atoms with E-state index in [1.165, 1.54) is 20.2 Å². The fraction of sp³-hybridized carbons (Fsp3) is 0.429. The summed E-state index contributed by atoms with van der Waals surface area (Å²) in [5.41, 5.74) is -0.233. The van der Waals surface area contributed by atoms with E-state index in [4.69, 9.17) is 5.11 Å². The summed E-state index contributed by atoms with van der Waals surface area (Å²) in [6.07, 6.45) is 1.44. The smallest absolute Gasteiger partial charge is 0.328 e. The summed E-state index contributed by atoms with van der Waals surface area (Å²) < 4.78 is 0. The number of aromatic nitrogens is 2. The Bertz CT molecular complexity index is 739. The minimum Gasteiger partial charge on any atom is -0.480 e. The van der Waals surface area contributed by atoms with Crippen molar-refractivity contribution in [1.82, 2.24) is 15.3 Å². The van der Waals surface area contributed by atoms with Gasteiger partial charge in [0.15, 0.2) is 0 Å². The maximum absolute atomic E-state index is 11.9. The highest BCUT2D eigenvalue weighted by Crippen LogP contribution is 2.32. The van der Waals surface area contributed by atoms with Gasteiger partial charge in [-0.1, -0.05) is 0 Å². The number of carbonyl (C=O) groups excluding carboxylic acids is 1. The van der Waals surface area contributed by atoms with Crippen molar-refractivity contribution in [2.24, 2.45) is 0 Å². The van der Waals surface area contributed by atoms with Gasteiger partial charge in [0, 0.05) is 4.88 Å². The largest absolute Gasteiger partial charge is 0.480 e. The van der Waals surface area contributed by atoms with Crippen LogP contribution < -0.4 is 10.6 Å². The maximum atomic E-state index is 11.9. The molecule has 0 radical (unpaired) electrons. The van der Waals surface area contributed by atoms with Crippen molar-refractivity contribution in [3.8, 4) is 0 Å². The monoisotopic (exact) mass is 322 g/mol. The number of hydrogen-bond donors (Lipinski definition) is 3. The van der Waals surface area contributed by atoms with E-state index in [0.29, 0.717) is 5.82 Å². The molecular formula is C14H18N4O3S. The lowest BCUT2D eigenvalue weighted by Crippen LogP contribution is -2.51. The molecule has 0 fully saturated rings. The number of thiophene rings is 1. The Morgan fingerprint density at radius 2 is 2.00 bits per heavy atom. The van der Waals surface area contributed by atoms with Gasteiger partial charge in [0.2, 0.25) is 5.91 Å². The van der Waals surface area contributed by atoms with Crippen LogP contribution in [0.1, 0.15) is 24.3 Å². The molecular weight excluding hydrogens is 304 g/mol. The Morgan fingerprint density at radius 3 is 2.64 bits per heavy atom. The third-order valence-electron chi connectivity index (χ3n) is 3.37. The normalized spacial score (nSPS) is 11.5. The number of carboxylic acid groups (broad SMARTS) is 1. The highest BCUT2D eigenvalue weighted by Gasteiger charge is 2.28. The minimum atomic E-state index is -1.31. The molecule has 2 rings (SSSR count). The molecule has 2 heterocycles. The van der Waals surface area contributed by atoms with Crippen molar-refractivity contribution in [3.63, 3.8) is 0 Å². The van der Waals surface area contributed by atoms with Crippen molar-refractivity contribution in [2.45, 2.75) is 33.2 Å². The lowest BCUT2D eigenvalue weighted by Gasteiger charge is -2.21. The first-order chi connectivity index (χ1) is 10.2. The Kier molecular flexibility index (Phi) is 4.32. The van der Waals surface area contributed by atoms with Crippen LogP contribution in [0.25, 0.3) is 10.2 Å². The van der Waals surface area contributed by atoms with Gasteiger partial charge in [-0.15, -0.1) is 11.3 Å². The van der Waals surface area contributed by atoms with E-state index in [2.05, 4.69) is 20.6 Å². The topological polar surface area (TPSA) is 104 Å². The molecule has 0 saturated carbocycles. The number of aliphatic carboxylic acids is 1. The highest BCUT2D eigenvalue weighted by atomic mass is 32.1. The second-order valence-corrected chi connectivity index (χ2v) is 6.72. The SMILES string of the molecule is Cc1sc2ncnc(NCC(=O)NC(C)(C)C(=O)O)c2c1C. The summed E-state index contributed by atoms with van der Waals surface area (Å²) in [6.45, 7) is 6.80. The second kappa shape index (κ2) is 5.88. The zero-order valence-corrected chi connectivity index (χ0v) is 13.7. The molecule has 0 atom stereocenters. The predicted molar refractivity (Wildman–Crippen MR) is 85.2 cm³/mol. The molecule has 0 saturated heterocycles. The van der Waals surface area contributed by atoms with Crippen molar-refractivity contribution < 1.29 is 14.7 Å². The van der Waals surface area contributed by atoms with E-state index in [1.54, 1.807) is 11.3 Å². The number of anilines is 1. The fourth-order valence-corrected chi connectivity index (χ4v) is 2.92. The number of amides is 1. The van der Waals surface area contributed by atoms with E-state index in [0.717, 1.165) is 20.7 Å². The lowest BCUT2D eigenvalue weighted by atomic mass is 10.1. The summed E-state index contributed by atoms with van der Waals surface area (Å²) in [7, 11) is 0. The molecule has 3 N–H and O–H groups in total. The average molecular weight is 322 g/mol. The molecule has 0 aliphatic heterocycles. The Balaban J connectivity index is 2.12. The van der Waals surface area contributed by atoms with Gasteiger partial charge in [-0.2, -0.15) is 0 Å². The van der Waals surface area contributed by atoms with Crippen LogP contribution in [0.4, 0.5) is 5.82 Å². The molecule has 118 valence electrons. The van der Waals surface area contributed by atoms with Crippen molar-refractivity contribution in [3.05, 3.63) is 16.8 Å². The Morgan fingerprint density at radius 1 is 1.32 bits per heavy atom. The summed E-state index contributed by atoms with van der Waals surface area (Å²) in [5, 5.41) is 15.3. The molecule has 0 bridgehead atoms. The molecule has 8 heteroatoms. The number of carbonyl (C=O) groups is 2. The van der Waals surface area contributed by atoms with Crippen LogP contribution in [0.2, 0.25) is 0 Å². The number of aryl methyl sites for hydroxylation is 2. The first-order valence-corrected chi connectivity index (χ1v) is 7.53. The molecule has 0 aliphatic rings. The van der Waals surface area contributed by atoms with Crippen LogP contribution in [-0.4, -0.2) is 39.0 Å². The molecule has 2 aromatic heterocycles. The first kappa shape index (κ1) is 16.2. The lowest BCUT2D eigenvalue weighted by molar-refractivity contribution is -0.145. The minimum absolute atomic E-state index is 0.0584. The number of nitrogens with one attached hydrogen (secondary N) is 2. The molecule has 1 amide bonds. The highest BCUT2D eigenvalue weighted by molar-refractivity contribution is 7.18. The van der Waals surface area contributed by atoms with E-state index in [-0.39, 0.29) is 6.54 Å². The quantitative estimate of drug-likeness (QED) is 0.774. The third-order valence-corrected chi connectivity index (χ3v) is 4.48. The number of carboxylic acids is 1. The van der Waals surface area contributed by atoms with Gasteiger partial charge < -0.3 is 15.7 Å². The molecule has 2 aromatic rings. The summed E-state index contributed by atoms with van der Waals surface area (Å²) in [4.78, 5) is 33.3. The van der Waals surface area contributed by atoms with Crippen molar-refractivity contribution in [1.29, 1.82) is 0 Å². The van der Waals surface area contributed by atoms with Crippen LogP contribution in [-0.2, 0) is 9.59 Å². The number of fused-ring (bicyclic) bond motifs is 1. The fourth-order valence-electron chi connectivity index (χ4n) is 1.93. The molecule has 0 aliphatic carbocycles. The second-order valence-electron chi connectivity index (χ2n) is 5.52. The van der Waals surface area contributed by atoms with E-state index in [1.807, 2.05) is 13.8 Å². The summed E-state index contributed by atoms with van der Waals surface area (Å²) >= 11 is 1.57. The maximum Gasteiger partial charge on any atom is 0.328 e. The van der Waals surface area contributed by atoms with Crippen LogP contribution in [0.5, 0.6) is 0 Å². The van der Waals surface area contributed by atoms with Gasteiger partial charge in [0.05, 0.1) is 11.9 Å². The molecule has 7 nitrogen and oxygen atoms in total. The zero-order valence-electron chi connectivity index (χ0n) is 12.9. The van der Waals surface area contributed by atoms with Crippen molar-refractivity contribution >= 4 is 39.2 Å². The van der Waals surface area contributed by atoms with Gasteiger partial charge >= 0.3 is 5.97 Å². The molecule has 0 aromatic carbocycles. The summed E-state index contributed by atoms with van der Waals surface area (Å²) in [6, 6.07) is 0. The molecule has 22 heavy (non-hydrogen) atoms. The predicted octanol–water partition coefficient (Wildman–Crippen LogP) is 1.70. The van der Waals surface area contributed by atoms with Crippen LogP contribution in [0.3, 0.4) is 0 Å². The number of hydrogen-bond acceptors (Lipinski definition) is 6. The number of nitrogens with zero attached hydrogens (tertiary/aromatic N) is 2. The Hall–Kier alpha value is -2.22. The Labute approximate surface area is 131 Å². The van der Waals surface area contributed by atoms with Gasteiger partial charge in [-0.3, -0.25) is 4.79 Å². The standard InChI is InChI=1S/C14H18N4O3S/c1-7-8(2)22-12-10(7)11(16-6-17-12)15-5-9(19)18-14(3,4)13(20)21/h6H,5H2,1-4H3,(H,18,19)(H,20,21)(H,15,16,17). The van der Waals surface area contributed by atoms with E-state index >= 15 is 0 Å². The van der Waals surface area contributed by atoms with E-state index < -0.39 is 17.4 Å². The first-order valence-electron chi connectivity index (χ1n) is 6.71. The zero-order chi connectivity index (χ0) is 16.5. The van der Waals surface area contributed by atoms with Gasteiger partial charge in [0.25, 0.3) is 0 Å². The molecule has 0 spiro atoms.